The Balaban J connectivity index is 2.81. The van der Waals surface area contributed by atoms with Gasteiger partial charge in [0, 0.05) is 6.54 Å². The summed E-state index contributed by atoms with van der Waals surface area (Å²) in [5.41, 5.74) is 6.19. The zero-order valence-corrected chi connectivity index (χ0v) is 12.3. The van der Waals surface area contributed by atoms with Crippen LogP contribution >= 0.6 is 23.4 Å². The summed E-state index contributed by atoms with van der Waals surface area (Å²) in [5, 5.41) is 0.596. The van der Waals surface area contributed by atoms with Crippen LogP contribution in [0.25, 0.3) is 0 Å². The minimum atomic E-state index is -0.366. The highest BCUT2D eigenvalue weighted by Crippen LogP contribution is 2.25. The first-order valence-corrected chi connectivity index (χ1v) is 6.97. The fraction of sp³-hybridized carbons (Fsp3) is 0.455. The van der Waals surface area contributed by atoms with Gasteiger partial charge >= 0.3 is 5.97 Å². The van der Waals surface area contributed by atoms with Gasteiger partial charge in [-0.25, -0.2) is 9.97 Å². The van der Waals surface area contributed by atoms with Crippen molar-refractivity contribution in [3.05, 3.63) is 10.8 Å². The van der Waals surface area contributed by atoms with Gasteiger partial charge in [0.15, 0.2) is 11.0 Å². The molecule has 0 aliphatic carbocycles. The predicted octanol–water partition coefficient (Wildman–Crippen LogP) is 1.81. The molecule has 1 heterocycles. The minimum Gasteiger partial charge on any atom is -0.468 e. The van der Waals surface area contributed by atoms with Crippen LogP contribution in [0.5, 0.6) is 0 Å². The molecule has 0 atom stereocenters. The van der Waals surface area contributed by atoms with Crippen LogP contribution in [-0.2, 0) is 9.53 Å². The van der Waals surface area contributed by atoms with Crippen molar-refractivity contribution in [2.75, 3.05) is 25.1 Å². The lowest BCUT2D eigenvalue weighted by Crippen LogP contribution is -2.06. The van der Waals surface area contributed by atoms with Gasteiger partial charge in [-0.1, -0.05) is 30.3 Å². The highest BCUT2D eigenvalue weighted by atomic mass is 35.5. The minimum absolute atomic E-state index is 0.105. The largest absolute Gasteiger partial charge is 0.468 e. The number of nitrogens with two attached hydrogens (primary N) is 1. The second kappa shape index (κ2) is 7.96. The predicted molar refractivity (Wildman–Crippen MR) is 76.9 cm³/mol. The molecule has 19 heavy (non-hydrogen) atoms. The molecule has 0 aliphatic rings. The van der Waals surface area contributed by atoms with E-state index >= 15 is 0 Å². The van der Waals surface area contributed by atoms with Crippen molar-refractivity contribution >= 4 is 41.4 Å². The molecule has 0 unspecified atom stereocenters. The van der Waals surface area contributed by atoms with Gasteiger partial charge in [0.1, 0.15) is 10.7 Å². The first kappa shape index (κ1) is 15.7. The molecule has 0 radical (unpaired) electrons. The number of ether oxygens (including phenoxy) is 1. The molecule has 0 saturated carbocycles. The number of aliphatic imine (C=N–C) groups is 1. The number of thioether (sulfide) groups is 1. The van der Waals surface area contributed by atoms with Gasteiger partial charge in [0.2, 0.25) is 0 Å². The molecule has 0 fully saturated rings. The van der Waals surface area contributed by atoms with E-state index in [2.05, 4.69) is 19.7 Å². The molecule has 0 bridgehead atoms. The SMILES string of the molecule is CCCN=Cc1nc(Cl)c(SCC(=O)OC)nc1N. The van der Waals surface area contributed by atoms with E-state index in [-0.39, 0.29) is 22.7 Å². The number of esters is 1. The van der Waals surface area contributed by atoms with E-state index in [1.165, 1.54) is 7.11 Å². The van der Waals surface area contributed by atoms with Crippen LogP contribution in [0.15, 0.2) is 10.0 Å². The highest BCUT2D eigenvalue weighted by Gasteiger charge is 2.11. The second-order valence-corrected chi connectivity index (χ2v) is 4.81. The standard InChI is InChI=1S/C11H15ClN4O2S/c1-3-4-14-5-7-10(13)16-11(9(12)15-7)19-6-8(17)18-2/h5H,3-4,6H2,1-2H3,(H2,13,16). The molecule has 8 heteroatoms. The molecule has 0 spiro atoms. The Bertz CT molecular complexity index is 482. The smallest absolute Gasteiger partial charge is 0.316 e. The van der Waals surface area contributed by atoms with Gasteiger partial charge in [-0.2, -0.15) is 0 Å². The van der Waals surface area contributed by atoms with Gasteiger partial charge in [0.05, 0.1) is 19.1 Å². The van der Waals surface area contributed by atoms with Gasteiger partial charge in [-0.05, 0) is 6.42 Å². The van der Waals surface area contributed by atoms with Crippen LogP contribution in [0.3, 0.4) is 0 Å². The topological polar surface area (TPSA) is 90.5 Å². The van der Waals surface area contributed by atoms with Crippen LogP contribution < -0.4 is 5.73 Å². The van der Waals surface area contributed by atoms with E-state index < -0.39 is 0 Å². The third-order valence-electron chi connectivity index (χ3n) is 2.00. The fourth-order valence-corrected chi connectivity index (χ4v) is 2.07. The van der Waals surface area contributed by atoms with Crippen LogP contribution in [0.1, 0.15) is 19.0 Å². The van der Waals surface area contributed by atoms with E-state index in [0.717, 1.165) is 18.2 Å². The summed E-state index contributed by atoms with van der Waals surface area (Å²) in [4.78, 5) is 23.4. The molecule has 0 aliphatic heterocycles. The Morgan fingerprint density at radius 1 is 1.58 bits per heavy atom. The summed E-state index contributed by atoms with van der Waals surface area (Å²) in [6.07, 6.45) is 2.48. The molecular weight excluding hydrogens is 288 g/mol. The first-order chi connectivity index (χ1) is 9.08. The fourth-order valence-electron chi connectivity index (χ4n) is 1.08. The number of methoxy groups -OCH3 is 1. The van der Waals surface area contributed by atoms with Crippen LogP contribution in [0.4, 0.5) is 5.82 Å². The highest BCUT2D eigenvalue weighted by molar-refractivity contribution is 8.00. The lowest BCUT2D eigenvalue weighted by Gasteiger charge is -2.05. The van der Waals surface area contributed by atoms with Crippen molar-refractivity contribution < 1.29 is 9.53 Å². The Morgan fingerprint density at radius 2 is 2.32 bits per heavy atom. The van der Waals surface area contributed by atoms with Crippen LogP contribution in [-0.4, -0.2) is 41.6 Å². The summed E-state index contributed by atoms with van der Waals surface area (Å²) in [6, 6.07) is 0. The maximum atomic E-state index is 11.0. The molecule has 1 rings (SSSR count). The van der Waals surface area contributed by atoms with Gasteiger partial charge < -0.3 is 10.5 Å². The van der Waals surface area contributed by atoms with Crippen molar-refractivity contribution in [1.29, 1.82) is 0 Å². The number of carbonyl (C=O) groups excluding carboxylic acids is 1. The maximum absolute atomic E-state index is 11.0. The number of nitrogen functional groups attached to an aromatic ring is 1. The van der Waals surface area contributed by atoms with Crippen molar-refractivity contribution in [3.8, 4) is 0 Å². The summed E-state index contributed by atoms with van der Waals surface area (Å²) >= 11 is 7.10. The number of hydrogen-bond donors (Lipinski definition) is 1. The van der Waals surface area contributed by atoms with Crippen molar-refractivity contribution in [3.63, 3.8) is 0 Å². The van der Waals surface area contributed by atoms with E-state index in [1.54, 1.807) is 6.21 Å². The first-order valence-electron chi connectivity index (χ1n) is 5.61. The second-order valence-electron chi connectivity index (χ2n) is 3.49. The molecule has 1 aromatic heterocycles. The average Bonchev–Trinajstić information content (AvgIpc) is 2.40. The quantitative estimate of drug-likeness (QED) is 0.489. The molecule has 104 valence electrons. The third kappa shape index (κ3) is 5.04. The molecule has 1 aromatic rings. The van der Waals surface area contributed by atoms with E-state index in [9.17, 15) is 4.79 Å². The van der Waals surface area contributed by atoms with Crippen LogP contribution in [0, 0.1) is 0 Å². The Hall–Kier alpha value is -1.34. The Morgan fingerprint density at radius 3 is 2.95 bits per heavy atom. The number of carbonyl (C=O) groups is 1. The van der Waals surface area contributed by atoms with E-state index in [0.29, 0.717) is 17.3 Å². The molecule has 0 saturated heterocycles. The molecule has 6 nitrogen and oxygen atoms in total. The number of aromatic nitrogens is 2. The number of anilines is 1. The Labute approximate surface area is 120 Å². The molecule has 0 amide bonds. The lowest BCUT2D eigenvalue weighted by atomic mass is 10.4. The van der Waals surface area contributed by atoms with E-state index in [4.69, 9.17) is 17.3 Å². The lowest BCUT2D eigenvalue weighted by molar-refractivity contribution is -0.137. The maximum Gasteiger partial charge on any atom is 0.316 e. The summed E-state index contributed by atoms with van der Waals surface area (Å²) in [5.74, 6) is -0.0280. The zero-order chi connectivity index (χ0) is 14.3. The van der Waals surface area contributed by atoms with Gasteiger partial charge in [-0.3, -0.25) is 9.79 Å². The Kier molecular flexibility index (Phi) is 6.58. The number of rotatable bonds is 6. The third-order valence-corrected chi connectivity index (χ3v) is 3.31. The van der Waals surface area contributed by atoms with E-state index in [1.807, 2.05) is 6.92 Å². The van der Waals surface area contributed by atoms with Crippen molar-refractivity contribution in [2.24, 2.45) is 4.99 Å². The summed E-state index contributed by atoms with van der Waals surface area (Å²) in [7, 11) is 1.32. The summed E-state index contributed by atoms with van der Waals surface area (Å²) in [6.45, 7) is 2.71. The number of halogens is 1. The molecular formula is C11H15ClN4O2S. The van der Waals surface area contributed by atoms with Gasteiger partial charge in [-0.15, -0.1) is 0 Å². The van der Waals surface area contributed by atoms with Gasteiger partial charge in [0.25, 0.3) is 0 Å². The monoisotopic (exact) mass is 302 g/mol. The number of nitrogens with zero attached hydrogens (tertiary/aromatic N) is 3. The average molecular weight is 303 g/mol. The number of hydrogen-bond acceptors (Lipinski definition) is 7. The summed E-state index contributed by atoms with van der Waals surface area (Å²) < 4.78 is 4.53. The zero-order valence-electron chi connectivity index (χ0n) is 10.7. The van der Waals surface area contributed by atoms with Crippen molar-refractivity contribution in [1.82, 2.24) is 9.97 Å². The molecule has 0 aromatic carbocycles. The normalized spacial score (nSPS) is 10.9. The van der Waals surface area contributed by atoms with Crippen molar-refractivity contribution in [2.45, 2.75) is 18.4 Å². The van der Waals surface area contributed by atoms with Crippen LogP contribution in [0.2, 0.25) is 5.15 Å². The molecule has 2 N–H and O–H groups in total.